The molecule has 0 aliphatic rings. The first kappa shape index (κ1) is 14.7. The van der Waals surface area contributed by atoms with Crippen LogP contribution in [0, 0.1) is 0 Å². The Morgan fingerprint density at radius 2 is 1.60 bits per heavy atom. The van der Waals surface area contributed by atoms with Crippen LogP contribution in [0.25, 0.3) is 11.4 Å². The Morgan fingerprint density at radius 1 is 0.800 bits per heavy atom. The second-order valence-corrected chi connectivity index (χ2v) is 5.28. The molecule has 2 heterocycles. The molecule has 2 aromatic rings. The molecule has 0 aromatic carbocycles. The van der Waals surface area contributed by atoms with Gasteiger partial charge in [-0.15, -0.1) is 0 Å². The number of aryl methyl sites for hydroxylation is 1. The third kappa shape index (κ3) is 4.76. The Balaban J connectivity index is 1.84. The van der Waals surface area contributed by atoms with Gasteiger partial charge in [-0.1, -0.05) is 45.1 Å². The van der Waals surface area contributed by atoms with Crippen molar-refractivity contribution in [2.75, 3.05) is 0 Å². The Hall–Kier alpha value is -1.70. The van der Waals surface area contributed by atoms with E-state index in [2.05, 4.69) is 29.0 Å². The average molecular weight is 268 g/mol. The number of hydrogen-bond acceptors (Lipinski definition) is 2. The number of unbranched alkanes of at least 4 members (excludes halogenated alkanes) is 5. The number of nitrogens with zero attached hydrogens (tertiary/aromatic N) is 2. The van der Waals surface area contributed by atoms with E-state index in [1.54, 1.807) is 0 Å². The van der Waals surface area contributed by atoms with Crippen molar-refractivity contribution in [2.45, 2.75) is 51.9 Å². The lowest BCUT2D eigenvalue weighted by atomic mass is 10.0. The van der Waals surface area contributed by atoms with E-state index in [0.29, 0.717) is 0 Å². The smallest absolute Gasteiger partial charge is 0.0888 e. The average Bonchev–Trinajstić information content (AvgIpc) is 2.52. The van der Waals surface area contributed by atoms with Gasteiger partial charge in [-0.05, 0) is 42.7 Å². The van der Waals surface area contributed by atoms with E-state index in [4.69, 9.17) is 0 Å². The summed E-state index contributed by atoms with van der Waals surface area (Å²) in [5.41, 5.74) is 3.31. The standard InChI is InChI=1S/C18H24N2/c1-2-3-4-5-6-7-10-16-12-14-20-18(15-16)17-11-8-9-13-19-17/h8-9,11-15H,2-7,10H2,1H3. The zero-order chi connectivity index (χ0) is 14.0. The summed E-state index contributed by atoms with van der Waals surface area (Å²) in [6.45, 7) is 2.26. The summed E-state index contributed by atoms with van der Waals surface area (Å²) in [6, 6.07) is 10.2. The van der Waals surface area contributed by atoms with Gasteiger partial charge >= 0.3 is 0 Å². The van der Waals surface area contributed by atoms with E-state index in [9.17, 15) is 0 Å². The molecule has 0 spiro atoms. The van der Waals surface area contributed by atoms with Gasteiger partial charge in [-0.3, -0.25) is 9.97 Å². The lowest BCUT2D eigenvalue weighted by Gasteiger charge is -2.04. The van der Waals surface area contributed by atoms with Gasteiger partial charge in [0.05, 0.1) is 11.4 Å². The van der Waals surface area contributed by atoms with Gasteiger partial charge in [0.15, 0.2) is 0 Å². The minimum atomic E-state index is 0.956. The summed E-state index contributed by atoms with van der Waals surface area (Å²) in [7, 11) is 0. The fourth-order valence-corrected chi connectivity index (χ4v) is 2.39. The molecule has 0 atom stereocenters. The van der Waals surface area contributed by atoms with Crippen molar-refractivity contribution in [3.63, 3.8) is 0 Å². The van der Waals surface area contributed by atoms with Crippen LogP contribution in [0.4, 0.5) is 0 Å². The highest BCUT2D eigenvalue weighted by Gasteiger charge is 2.01. The molecule has 0 radical (unpaired) electrons. The monoisotopic (exact) mass is 268 g/mol. The summed E-state index contributed by atoms with van der Waals surface area (Å²) < 4.78 is 0. The van der Waals surface area contributed by atoms with Crippen molar-refractivity contribution in [1.29, 1.82) is 0 Å². The molecule has 2 rings (SSSR count). The third-order valence-electron chi connectivity index (χ3n) is 3.57. The Labute approximate surface area is 122 Å². The molecule has 20 heavy (non-hydrogen) atoms. The largest absolute Gasteiger partial charge is 0.255 e. The van der Waals surface area contributed by atoms with Crippen LogP contribution in [0.15, 0.2) is 42.7 Å². The van der Waals surface area contributed by atoms with E-state index in [1.807, 2.05) is 30.6 Å². The van der Waals surface area contributed by atoms with Crippen molar-refractivity contribution >= 4 is 0 Å². The molecule has 0 aliphatic heterocycles. The van der Waals surface area contributed by atoms with Crippen LogP contribution >= 0.6 is 0 Å². The predicted octanol–water partition coefficient (Wildman–Crippen LogP) is 5.05. The Kier molecular flexibility index (Phi) is 6.22. The molecule has 0 saturated heterocycles. The van der Waals surface area contributed by atoms with E-state index in [0.717, 1.165) is 17.8 Å². The fourth-order valence-electron chi connectivity index (χ4n) is 2.39. The maximum Gasteiger partial charge on any atom is 0.0888 e. The zero-order valence-corrected chi connectivity index (χ0v) is 12.4. The molecule has 0 unspecified atom stereocenters. The van der Waals surface area contributed by atoms with Crippen LogP contribution in [0.2, 0.25) is 0 Å². The van der Waals surface area contributed by atoms with Crippen LogP contribution in [0.1, 0.15) is 51.0 Å². The summed E-state index contributed by atoms with van der Waals surface area (Å²) in [5, 5.41) is 0. The molecule has 0 bridgehead atoms. The molecule has 2 heteroatoms. The molecule has 0 aliphatic carbocycles. The molecular formula is C18H24N2. The fraction of sp³-hybridized carbons (Fsp3) is 0.444. The zero-order valence-electron chi connectivity index (χ0n) is 12.4. The first-order valence-corrected chi connectivity index (χ1v) is 7.76. The summed E-state index contributed by atoms with van der Waals surface area (Å²) >= 11 is 0. The van der Waals surface area contributed by atoms with Crippen molar-refractivity contribution in [3.05, 3.63) is 48.3 Å². The summed E-state index contributed by atoms with van der Waals surface area (Å²) in [5.74, 6) is 0. The van der Waals surface area contributed by atoms with Crippen LogP contribution in [-0.4, -0.2) is 9.97 Å². The molecule has 0 saturated carbocycles. The van der Waals surface area contributed by atoms with E-state index in [-0.39, 0.29) is 0 Å². The highest BCUT2D eigenvalue weighted by atomic mass is 14.8. The van der Waals surface area contributed by atoms with Gasteiger partial charge in [-0.25, -0.2) is 0 Å². The molecule has 0 amide bonds. The number of pyridine rings is 2. The molecule has 0 fully saturated rings. The SMILES string of the molecule is CCCCCCCCc1ccnc(-c2ccccn2)c1. The normalized spacial score (nSPS) is 10.7. The summed E-state index contributed by atoms with van der Waals surface area (Å²) in [6.07, 6.45) is 12.9. The van der Waals surface area contributed by atoms with Gasteiger partial charge < -0.3 is 0 Å². The lowest BCUT2D eigenvalue weighted by Crippen LogP contribution is -1.91. The van der Waals surface area contributed by atoms with Crippen LogP contribution in [0.3, 0.4) is 0 Å². The maximum atomic E-state index is 4.42. The Morgan fingerprint density at radius 3 is 2.40 bits per heavy atom. The van der Waals surface area contributed by atoms with E-state index >= 15 is 0 Å². The van der Waals surface area contributed by atoms with Gasteiger partial charge in [0.25, 0.3) is 0 Å². The first-order valence-electron chi connectivity index (χ1n) is 7.76. The van der Waals surface area contributed by atoms with Crippen molar-refractivity contribution in [1.82, 2.24) is 9.97 Å². The molecule has 2 aromatic heterocycles. The third-order valence-corrected chi connectivity index (χ3v) is 3.57. The van der Waals surface area contributed by atoms with Crippen molar-refractivity contribution < 1.29 is 0 Å². The minimum Gasteiger partial charge on any atom is -0.255 e. The number of rotatable bonds is 8. The number of hydrogen-bond donors (Lipinski definition) is 0. The van der Waals surface area contributed by atoms with Crippen molar-refractivity contribution in [2.24, 2.45) is 0 Å². The van der Waals surface area contributed by atoms with Gasteiger partial charge in [0.2, 0.25) is 0 Å². The maximum absolute atomic E-state index is 4.42. The quantitative estimate of drug-likeness (QED) is 0.626. The first-order chi connectivity index (χ1) is 9.90. The van der Waals surface area contributed by atoms with Gasteiger partial charge in [-0.2, -0.15) is 0 Å². The van der Waals surface area contributed by atoms with Crippen molar-refractivity contribution in [3.8, 4) is 11.4 Å². The predicted molar refractivity (Wildman–Crippen MR) is 84.5 cm³/mol. The number of aromatic nitrogens is 2. The second-order valence-electron chi connectivity index (χ2n) is 5.28. The van der Waals surface area contributed by atoms with Gasteiger partial charge in [0.1, 0.15) is 0 Å². The highest BCUT2D eigenvalue weighted by molar-refractivity contribution is 5.54. The molecular weight excluding hydrogens is 244 g/mol. The van der Waals surface area contributed by atoms with Gasteiger partial charge in [0, 0.05) is 12.4 Å². The lowest BCUT2D eigenvalue weighted by molar-refractivity contribution is 0.607. The van der Waals surface area contributed by atoms with E-state index in [1.165, 1.54) is 44.1 Å². The van der Waals surface area contributed by atoms with Crippen LogP contribution in [0.5, 0.6) is 0 Å². The summed E-state index contributed by atoms with van der Waals surface area (Å²) in [4.78, 5) is 8.77. The molecule has 0 N–H and O–H groups in total. The highest BCUT2D eigenvalue weighted by Crippen LogP contribution is 2.16. The molecule has 2 nitrogen and oxygen atoms in total. The van der Waals surface area contributed by atoms with E-state index < -0.39 is 0 Å². The molecule has 106 valence electrons. The minimum absolute atomic E-state index is 0.956. The second kappa shape index (κ2) is 8.47. The van der Waals surface area contributed by atoms with Crippen LogP contribution in [-0.2, 0) is 6.42 Å². The van der Waals surface area contributed by atoms with Crippen LogP contribution < -0.4 is 0 Å². The topological polar surface area (TPSA) is 25.8 Å². The Bertz CT molecular complexity index is 494.